The van der Waals surface area contributed by atoms with Gasteiger partial charge < -0.3 is 14.0 Å². The molecule has 1 radical (unpaired) electrons. The molecule has 11 aromatic rings. The van der Waals surface area contributed by atoms with Crippen LogP contribution < -0.4 is 0 Å². The van der Waals surface area contributed by atoms with E-state index in [2.05, 4.69) is 155 Å². The molecule has 0 saturated heterocycles. The minimum Gasteiger partial charge on any atom is -0.557 e. The Morgan fingerprint density at radius 3 is 2.03 bits per heavy atom. The van der Waals surface area contributed by atoms with Gasteiger partial charge in [-0.3, -0.25) is 4.98 Å². The van der Waals surface area contributed by atoms with Crippen LogP contribution in [-0.2, 0) is 20.1 Å². The van der Waals surface area contributed by atoms with Crippen LogP contribution in [0.4, 0.5) is 0 Å². The van der Waals surface area contributed by atoms with E-state index in [1.54, 1.807) is 12.1 Å². The number of para-hydroxylation sites is 2. The summed E-state index contributed by atoms with van der Waals surface area (Å²) in [6.45, 7) is -4.34. The van der Waals surface area contributed by atoms with Crippen molar-refractivity contribution < 1.29 is 32.7 Å². The Kier molecular flexibility index (Phi) is 8.52. The van der Waals surface area contributed by atoms with Crippen molar-refractivity contribution in [3.05, 3.63) is 212 Å². The average Bonchev–Trinajstić information content (AvgIpc) is 3.93. The van der Waals surface area contributed by atoms with Gasteiger partial charge in [-0.25, -0.2) is 0 Å². The SMILES string of the molecule is [2H]C([2H])([2H])c1c[c-]c(-c2ccc(C([2H])([2H])[2H])cn2)cc1.[Ir].[c-]1oc2ccc(-c3ccc4ccc5ccccc5c4c3)cc2c1-c1nc2ccccc2n1-c1ccc(-c2ccccc2)cc1. The number of aryl methyl sites for hydroxylation is 2. The second-order valence-electron chi connectivity index (χ2n) is 14.1. The van der Waals surface area contributed by atoms with Gasteiger partial charge in [0.1, 0.15) is 0 Å². The van der Waals surface area contributed by atoms with Crippen molar-refractivity contribution in [1.29, 1.82) is 0 Å². The van der Waals surface area contributed by atoms with Crippen LogP contribution in [0.2, 0.25) is 0 Å². The van der Waals surface area contributed by atoms with E-state index in [9.17, 15) is 0 Å². The van der Waals surface area contributed by atoms with Crippen LogP contribution in [0.15, 0.2) is 193 Å². The second-order valence-corrected chi connectivity index (χ2v) is 14.1. The summed E-state index contributed by atoms with van der Waals surface area (Å²) in [7, 11) is 0. The Labute approximate surface area is 365 Å². The Balaban J connectivity index is 0.000000215. The quantitative estimate of drug-likeness (QED) is 0.128. The zero-order valence-corrected chi connectivity index (χ0v) is 33.9. The average molecular weight is 942 g/mol. The molecular formula is C54H37IrN3O-2. The third kappa shape index (κ3) is 7.39. The molecule has 0 fully saturated rings. The molecule has 0 N–H and O–H groups in total. The van der Waals surface area contributed by atoms with Crippen LogP contribution in [0.5, 0.6) is 0 Å². The van der Waals surface area contributed by atoms with Crippen molar-refractivity contribution in [2.45, 2.75) is 13.7 Å². The molecule has 5 heteroatoms. The number of aromatic nitrogens is 3. The predicted molar refractivity (Wildman–Crippen MR) is 239 cm³/mol. The second kappa shape index (κ2) is 16.1. The number of nitrogens with zero attached hydrogens (tertiary/aromatic N) is 3. The van der Waals surface area contributed by atoms with Gasteiger partial charge >= 0.3 is 0 Å². The summed E-state index contributed by atoms with van der Waals surface area (Å²) in [6.07, 6.45) is 4.51. The molecule has 4 nitrogen and oxygen atoms in total. The third-order valence-corrected chi connectivity index (χ3v) is 10.5. The molecule has 0 amide bonds. The fourth-order valence-corrected chi connectivity index (χ4v) is 7.53. The molecule has 8 aromatic carbocycles. The summed E-state index contributed by atoms with van der Waals surface area (Å²) in [5.74, 6) is 0.805. The van der Waals surface area contributed by atoms with Crippen LogP contribution >= 0.6 is 0 Å². The first kappa shape index (κ1) is 31.1. The van der Waals surface area contributed by atoms with Gasteiger partial charge in [0.05, 0.1) is 16.9 Å². The Morgan fingerprint density at radius 2 is 1.25 bits per heavy atom. The first-order chi connectivity index (χ1) is 31.0. The van der Waals surface area contributed by atoms with Crippen molar-refractivity contribution in [3.63, 3.8) is 0 Å². The standard InChI is InChI=1S/C41H25N2O.C13H12N.Ir/c1-2-8-27(9-3-1)28-18-21-33(22-19-28)43-39-13-7-6-12-38(39)42-41(43)37-26-44-40-23-20-32(25-36(37)40)31-17-16-30-15-14-29-10-4-5-11-34(29)35(30)24-31;1-10-3-6-12(7-4-10)13-8-5-11(2)9-14-13;/h1-25H;3-6,8-9H,1-2H3;/q2*-1;/i;1D3,2D3;. The van der Waals surface area contributed by atoms with Crippen molar-refractivity contribution >= 4 is 43.5 Å². The molecule has 3 heterocycles. The Bertz CT molecular complexity index is 3400. The fourth-order valence-electron chi connectivity index (χ4n) is 7.53. The summed E-state index contributed by atoms with van der Waals surface area (Å²) in [5.41, 5.74) is 10.8. The van der Waals surface area contributed by atoms with Gasteiger partial charge in [-0.05, 0) is 92.2 Å². The van der Waals surface area contributed by atoms with Gasteiger partial charge in [0.15, 0.2) is 0 Å². The zero-order valence-electron chi connectivity index (χ0n) is 37.5. The molecule has 0 aliphatic carbocycles. The maximum atomic E-state index is 7.28. The van der Waals surface area contributed by atoms with Crippen molar-refractivity contribution in [1.82, 2.24) is 14.5 Å². The van der Waals surface area contributed by atoms with Crippen LogP contribution in [0.25, 0.3) is 94.1 Å². The van der Waals surface area contributed by atoms with E-state index in [-0.39, 0.29) is 31.2 Å². The fraction of sp³-hybridized carbons (Fsp3) is 0.0370. The number of imidazole rings is 1. The Morgan fingerprint density at radius 1 is 0.576 bits per heavy atom. The van der Waals surface area contributed by atoms with Gasteiger partial charge in [-0.1, -0.05) is 151 Å². The van der Waals surface area contributed by atoms with E-state index in [1.807, 2.05) is 18.2 Å². The molecular weight excluding hydrogens is 899 g/mol. The molecule has 0 unspecified atom stereocenters. The molecule has 11 rings (SSSR count). The van der Waals surface area contributed by atoms with Gasteiger partial charge in [-0.15, -0.1) is 35.4 Å². The minimum atomic E-state index is -2.18. The molecule has 0 spiro atoms. The molecule has 0 atom stereocenters. The van der Waals surface area contributed by atoms with Crippen molar-refractivity contribution in [2.24, 2.45) is 0 Å². The van der Waals surface area contributed by atoms with Crippen LogP contribution in [0, 0.1) is 26.0 Å². The van der Waals surface area contributed by atoms with E-state index >= 15 is 0 Å². The smallest absolute Gasteiger partial charge is 0.0774 e. The molecule has 0 aliphatic rings. The first-order valence-electron chi connectivity index (χ1n) is 22.0. The number of pyridine rings is 1. The maximum Gasteiger partial charge on any atom is 0.0774 e. The zero-order chi connectivity index (χ0) is 44.0. The van der Waals surface area contributed by atoms with E-state index in [0.29, 0.717) is 11.3 Å². The van der Waals surface area contributed by atoms with Crippen molar-refractivity contribution in [2.75, 3.05) is 0 Å². The van der Waals surface area contributed by atoms with Crippen LogP contribution in [0.1, 0.15) is 19.4 Å². The molecule has 285 valence electrons. The van der Waals surface area contributed by atoms with E-state index in [1.165, 1.54) is 57.1 Å². The Hall–Kier alpha value is -6.91. The normalized spacial score (nSPS) is 13.0. The van der Waals surface area contributed by atoms with E-state index in [4.69, 9.17) is 17.6 Å². The summed E-state index contributed by atoms with van der Waals surface area (Å²) in [6, 6.07) is 63.8. The monoisotopic (exact) mass is 942 g/mol. The summed E-state index contributed by atoms with van der Waals surface area (Å²) in [4.78, 5) is 9.19. The van der Waals surface area contributed by atoms with Crippen molar-refractivity contribution in [3.8, 4) is 50.6 Å². The summed E-state index contributed by atoms with van der Waals surface area (Å²) in [5, 5.41) is 5.98. The number of furan rings is 1. The minimum absolute atomic E-state index is 0. The largest absolute Gasteiger partial charge is 0.557 e. The summed E-state index contributed by atoms with van der Waals surface area (Å²) < 4.78 is 51.9. The number of rotatable bonds is 5. The first-order valence-corrected chi connectivity index (χ1v) is 19.0. The van der Waals surface area contributed by atoms with Gasteiger partial charge in [0, 0.05) is 52.1 Å². The van der Waals surface area contributed by atoms with E-state index < -0.39 is 13.7 Å². The van der Waals surface area contributed by atoms with Gasteiger partial charge in [0.25, 0.3) is 0 Å². The number of benzene rings is 8. The molecule has 3 aromatic heterocycles. The number of hydrogen-bond donors (Lipinski definition) is 0. The van der Waals surface area contributed by atoms with Crippen LogP contribution in [-0.4, -0.2) is 14.5 Å². The topological polar surface area (TPSA) is 43.9 Å². The maximum absolute atomic E-state index is 7.28. The molecule has 0 aliphatic heterocycles. The number of fused-ring (bicyclic) bond motifs is 5. The van der Waals surface area contributed by atoms with Gasteiger partial charge in [0.2, 0.25) is 0 Å². The molecule has 0 bridgehead atoms. The van der Waals surface area contributed by atoms with E-state index in [0.717, 1.165) is 50.2 Å². The van der Waals surface area contributed by atoms with Crippen LogP contribution in [0.3, 0.4) is 0 Å². The number of hydrogen-bond acceptors (Lipinski definition) is 3. The summed E-state index contributed by atoms with van der Waals surface area (Å²) >= 11 is 0. The molecule has 59 heavy (non-hydrogen) atoms. The molecule has 0 saturated carbocycles. The third-order valence-electron chi connectivity index (χ3n) is 10.5. The van der Waals surface area contributed by atoms with Gasteiger partial charge in [-0.2, -0.15) is 0 Å². The predicted octanol–water partition coefficient (Wildman–Crippen LogP) is 14.0.